The van der Waals surface area contributed by atoms with Crippen LogP contribution in [0.3, 0.4) is 0 Å². The predicted octanol–water partition coefficient (Wildman–Crippen LogP) is 1.07. The number of hydrogen-bond donors (Lipinski definition) is 2. The van der Waals surface area contributed by atoms with Crippen molar-refractivity contribution in [3.63, 3.8) is 0 Å². The maximum absolute atomic E-state index is 5.75. The minimum absolute atomic E-state index is 0.130. The van der Waals surface area contributed by atoms with Gasteiger partial charge < -0.3 is 16.2 Å². The van der Waals surface area contributed by atoms with Crippen molar-refractivity contribution in [3.05, 3.63) is 35.4 Å². The summed E-state index contributed by atoms with van der Waals surface area (Å²) in [7, 11) is 0. The van der Waals surface area contributed by atoms with Crippen LogP contribution in [0, 0.1) is 0 Å². The van der Waals surface area contributed by atoms with Gasteiger partial charge in [-0.15, -0.1) is 0 Å². The van der Waals surface area contributed by atoms with Crippen molar-refractivity contribution in [3.8, 4) is 0 Å². The minimum Gasteiger partial charge on any atom is -0.373 e. The summed E-state index contributed by atoms with van der Waals surface area (Å²) < 4.78 is 5.75. The molecule has 110 valence electrons. The van der Waals surface area contributed by atoms with Gasteiger partial charge in [-0.1, -0.05) is 24.3 Å². The molecule has 0 spiro atoms. The Morgan fingerprint density at radius 2 is 1.70 bits per heavy atom. The van der Waals surface area contributed by atoms with Crippen molar-refractivity contribution in [1.82, 2.24) is 4.90 Å². The zero-order valence-electron chi connectivity index (χ0n) is 12.2. The van der Waals surface area contributed by atoms with Crippen molar-refractivity contribution >= 4 is 5.96 Å². The molecule has 1 aromatic rings. The number of guanidine groups is 1. The van der Waals surface area contributed by atoms with E-state index in [1.165, 1.54) is 5.56 Å². The lowest BCUT2D eigenvalue weighted by molar-refractivity contribution is -0.0704. The van der Waals surface area contributed by atoms with E-state index in [0.717, 1.165) is 25.2 Å². The number of morpholine rings is 1. The number of rotatable bonds is 4. The van der Waals surface area contributed by atoms with Gasteiger partial charge >= 0.3 is 0 Å². The van der Waals surface area contributed by atoms with Crippen molar-refractivity contribution in [2.75, 3.05) is 13.1 Å². The molecule has 5 nitrogen and oxygen atoms in total. The van der Waals surface area contributed by atoms with Crippen LogP contribution < -0.4 is 11.5 Å². The molecule has 20 heavy (non-hydrogen) atoms. The third kappa shape index (κ3) is 4.51. The third-order valence-electron chi connectivity index (χ3n) is 3.37. The maximum Gasteiger partial charge on any atom is 0.186 e. The van der Waals surface area contributed by atoms with Crippen LogP contribution in [-0.4, -0.2) is 36.2 Å². The van der Waals surface area contributed by atoms with Gasteiger partial charge in [-0.3, -0.25) is 4.90 Å². The van der Waals surface area contributed by atoms with Crippen molar-refractivity contribution in [1.29, 1.82) is 0 Å². The topological polar surface area (TPSA) is 76.9 Å². The predicted molar refractivity (Wildman–Crippen MR) is 81.2 cm³/mol. The Bertz CT molecular complexity index is 443. The highest BCUT2D eigenvalue weighted by Gasteiger charge is 2.21. The minimum atomic E-state index is 0.130. The largest absolute Gasteiger partial charge is 0.373 e. The van der Waals surface area contributed by atoms with E-state index >= 15 is 0 Å². The first-order valence-corrected chi connectivity index (χ1v) is 7.04. The molecule has 0 aromatic heterocycles. The van der Waals surface area contributed by atoms with Crippen LogP contribution in [-0.2, 0) is 17.8 Å². The van der Waals surface area contributed by atoms with Gasteiger partial charge in [0, 0.05) is 19.6 Å². The van der Waals surface area contributed by atoms with Gasteiger partial charge in [0.2, 0.25) is 0 Å². The summed E-state index contributed by atoms with van der Waals surface area (Å²) in [6.07, 6.45) is 0.611. The zero-order chi connectivity index (χ0) is 14.5. The first-order chi connectivity index (χ1) is 9.52. The number of nitrogens with two attached hydrogens (primary N) is 2. The van der Waals surface area contributed by atoms with Gasteiger partial charge in [-0.25, -0.2) is 4.99 Å². The third-order valence-corrected chi connectivity index (χ3v) is 3.37. The number of benzene rings is 1. The Labute approximate surface area is 120 Å². The maximum atomic E-state index is 5.75. The van der Waals surface area contributed by atoms with E-state index in [1.807, 2.05) is 0 Å². The molecular weight excluding hydrogens is 252 g/mol. The van der Waals surface area contributed by atoms with E-state index in [4.69, 9.17) is 16.2 Å². The van der Waals surface area contributed by atoms with Gasteiger partial charge in [-0.05, 0) is 25.0 Å². The lowest BCUT2D eigenvalue weighted by atomic mass is 10.1. The quantitative estimate of drug-likeness (QED) is 0.637. The second-order valence-electron chi connectivity index (χ2n) is 5.51. The molecule has 2 atom stereocenters. The second kappa shape index (κ2) is 6.72. The molecule has 1 fully saturated rings. The van der Waals surface area contributed by atoms with Crippen molar-refractivity contribution < 1.29 is 4.74 Å². The summed E-state index contributed by atoms with van der Waals surface area (Å²) in [6.45, 7) is 7.72. The second-order valence-corrected chi connectivity index (χ2v) is 5.51. The molecule has 0 amide bonds. The summed E-state index contributed by atoms with van der Waals surface area (Å²) in [6, 6.07) is 8.44. The lowest BCUT2D eigenvalue weighted by Gasteiger charge is -2.35. The van der Waals surface area contributed by atoms with Gasteiger partial charge in [0.1, 0.15) is 0 Å². The Morgan fingerprint density at radius 1 is 1.15 bits per heavy atom. The number of hydrogen-bond acceptors (Lipinski definition) is 3. The van der Waals surface area contributed by atoms with E-state index in [0.29, 0.717) is 18.8 Å². The molecule has 1 heterocycles. The highest BCUT2D eigenvalue weighted by molar-refractivity contribution is 5.75. The zero-order valence-corrected chi connectivity index (χ0v) is 12.2. The van der Waals surface area contributed by atoms with E-state index in [1.54, 1.807) is 0 Å². The molecule has 0 bridgehead atoms. The SMILES string of the molecule is CC1CN(Cc2ccc(CN=C(N)N)cc2)CC(C)O1. The van der Waals surface area contributed by atoms with E-state index in [2.05, 4.69) is 48.0 Å². The van der Waals surface area contributed by atoms with Crippen LogP contribution in [0.4, 0.5) is 0 Å². The fourth-order valence-electron chi connectivity index (χ4n) is 2.60. The molecule has 1 aliphatic rings. The normalized spacial score (nSPS) is 23.5. The Hall–Kier alpha value is -1.59. The first-order valence-electron chi connectivity index (χ1n) is 7.04. The number of aliphatic imine (C=N–C) groups is 1. The molecule has 1 aliphatic heterocycles. The van der Waals surface area contributed by atoms with Crippen LogP contribution in [0.1, 0.15) is 25.0 Å². The number of ether oxygens (including phenoxy) is 1. The molecule has 0 saturated carbocycles. The Kier molecular flexibility index (Phi) is 4.98. The molecule has 1 aromatic carbocycles. The summed E-state index contributed by atoms with van der Waals surface area (Å²) >= 11 is 0. The van der Waals surface area contributed by atoms with Crippen molar-refractivity contribution in [2.24, 2.45) is 16.5 Å². The van der Waals surface area contributed by atoms with Gasteiger partial charge in [0.05, 0.1) is 18.8 Å². The van der Waals surface area contributed by atoms with Crippen molar-refractivity contribution in [2.45, 2.75) is 39.1 Å². The van der Waals surface area contributed by atoms with Crippen LogP contribution in [0.25, 0.3) is 0 Å². The molecule has 5 heteroatoms. The first kappa shape index (κ1) is 14.8. The Morgan fingerprint density at radius 3 is 2.25 bits per heavy atom. The Balaban J connectivity index is 1.91. The van der Waals surface area contributed by atoms with E-state index < -0.39 is 0 Å². The molecular formula is C15H24N4O. The molecule has 0 radical (unpaired) electrons. The van der Waals surface area contributed by atoms with Crippen LogP contribution >= 0.6 is 0 Å². The highest BCUT2D eigenvalue weighted by Crippen LogP contribution is 2.15. The van der Waals surface area contributed by atoms with E-state index in [9.17, 15) is 0 Å². The monoisotopic (exact) mass is 276 g/mol. The standard InChI is InChI=1S/C15H24N4O/c1-11-8-19(9-12(2)20-11)10-14-5-3-13(4-6-14)7-18-15(16)17/h3-6,11-12H,7-10H2,1-2H3,(H4,16,17,18). The molecule has 2 rings (SSSR count). The molecule has 1 saturated heterocycles. The fourth-order valence-corrected chi connectivity index (χ4v) is 2.60. The van der Waals surface area contributed by atoms with Crippen LogP contribution in [0.2, 0.25) is 0 Å². The van der Waals surface area contributed by atoms with Gasteiger partial charge in [-0.2, -0.15) is 0 Å². The summed E-state index contributed by atoms with van der Waals surface area (Å²) in [5, 5.41) is 0. The van der Waals surface area contributed by atoms with E-state index in [-0.39, 0.29) is 5.96 Å². The van der Waals surface area contributed by atoms with Crippen LogP contribution in [0.5, 0.6) is 0 Å². The average Bonchev–Trinajstić information content (AvgIpc) is 2.36. The molecule has 4 N–H and O–H groups in total. The van der Waals surface area contributed by atoms with Crippen LogP contribution in [0.15, 0.2) is 29.3 Å². The highest BCUT2D eigenvalue weighted by atomic mass is 16.5. The summed E-state index contributed by atoms with van der Waals surface area (Å²) in [5.41, 5.74) is 13.1. The fraction of sp³-hybridized carbons (Fsp3) is 0.533. The average molecular weight is 276 g/mol. The summed E-state index contributed by atoms with van der Waals surface area (Å²) in [4.78, 5) is 6.44. The van der Waals surface area contributed by atoms with Gasteiger partial charge in [0.15, 0.2) is 5.96 Å². The molecule has 0 aliphatic carbocycles. The lowest BCUT2D eigenvalue weighted by Crippen LogP contribution is -2.44. The number of nitrogens with zero attached hydrogens (tertiary/aromatic N) is 2. The summed E-state index contributed by atoms with van der Waals surface area (Å²) in [5.74, 6) is 0.130. The van der Waals surface area contributed by atoms with Gasteiger partial charge in [0.25, 0.3) is 0 Å². The smallest absolute Gasteiger partial charge is 0.186 e. The molecule has 2 unspecified atom stereocenters.